The molecule has 0 saturated heterocycles. The Hall–Kier alpha value is -2.36. The fraction of sp³-hybridized carbons (Fsp3) is 0.556. The number of aliphatic carboxylic acids is 1. The number of rotatable bonds is 9. The molecule has 4 aliphatic carbocycles. The Labute approximate surface area is 184 Å². The van der Waals surface area contributed by atoms with Crippen LogP contribution in [0.15, 0.2) is 48.1 Å². The molecule has 4 nitrogen and oxygen atoms in total. The van der Waals surface area contributed by atoms with E-state index < -0.39 is 5.97 Å². The molecule has 0 spiro atoms. The van der Waals surface area contributed by atoms with Gasteiger partial charge in [0.05, 0.1) is 0 Å². The number of phenols is 1. The van der Waals surface area contributed by atoms with E-state index in [1.54, 1.807) is 12.1 Å². The van der Waals surface area contributed by atoms with Crippen molar-refractivity contribution < 1.29 is 19.8 Å². The van der Waals surface area contributed by atoms with Gasteiger partial charge in [0, 0.05) is 17.4 Å². The molecule has 0 bridgehead atoms. The number of ketones is 1. The number of carbonyl (C=O) groups is 2. The summed E-state index contributed by atoms with van der Waals surface area (Å²) in [5.74, 6) is 2.10. The number of aryl methyl sites for hydroxylation is 1. The summed E-state index contributed by atoms with van der Waals surface area (Å²) in [6.07, 6.45) is 15.3. The SMILES string of the molecule is O=C(O)C1=CC(=O)[C@@H]2C[C@H]3[C@H](CCCCCCCc4ccc(O)cc4)[C@H]4C=C[C@@H]1[C@@H]2[C@H]43. The van der Waals surface area contributed by atoms with Crippen LogP contribution < -0.4 is 0 Å². The van der Waals surface area contributed by atoms with Gasteiger partial charge in [-0.3, -0.25) is 4.79 Å². The predicted octanol–water partition coefficient (Wildman–Crippen LogP) is 5.17. The van der Waals surface area contributed by atoms with Gasteiger partial charge in [-0.05, 0) is 79.0 Å². The third-order valence-electron chi connectivity index (χ3n) is 8.58. The lowest BCUT2D eigenvalue weighted by atomic mass is 9.50. The first-order valence-electron chi connectivity index (χ1n) is 12.0. The molecule has 4 heteroatoms. The molecule has 0 aliphatic heterocycles. The van der Waals surface area contributed by atoms with E-state index in [2.05, 4.69) is 12.2 Å². The average molecular weight is 421 g/mol. The first-order valence-corrected chi connectivity index (χ1v) is 12.0. The molecule has 0 heterocycles. The zero-order valence-corrected chi connectivity index (χ0v) is 18.0. The summed E-state index contributed by atoms with van der Waals surface area (Å²) in [6.45, 7) is 0. The number of unbranched alkanes of at least 4 members (excludes halogenated alkanes) is 4. The van der Waals surface area contributed by atoms with Gasteiger partial charge in [-0.15, -0.1) is 0 Å². The summed E-state index contributed by atoms with van der Waals surface area (Å²) in [5.41, 5.74) is 1.61. The molecule has 0 unspecified atom stereocenters. The van der Waals surface area contributed by atoms with Crippen LogP contribution in [0.2, 0.25) is 0 Å². The Morgan fingerprint density at radius 2 is 1.71 bits per heavy atom. The van der Waals surface area contributed by atoms with Gasteiger partial charge in [-0.2, -0.15) is 0 Å². The number of hydrogen-bond donors (Lipinski definition) is 2. The number of aromatic hydroxyl groups is 1. The van der Waals surface area contributed by atoms with E-state index in [9.17, 15) is 19.8 Å². The number of benzene rings is 1. The maximum atomic E-state index is 12.6. The van der Waals surface area contributed by atoms with Crippen LogP contribution in [-0.4, -0.2) is 22.0 Å². The van der Waals surface area contributed by atoms with Gasteiger partial charge in [-0.25, -0.2) is 4.79 Å². The monoisotopic (exact) mass is 420 g/mol. The smallest absolute Gasteiger partial charge is 0.332 e. The molecule has 2 N–H and O–H groups in total. The van der Waals surface area contributed by atoms with Crippen LogP contribution in [0.3, 0.4) is 0 Å². The van der Waals surface area contributed by atoms with E-state index in [0.29, 0.717) is 35.0 Å². The first kappa shape index (κ1) is 20.5. The van der Waals surface area contributed by atoms with Crippen molar-refractivity contribution in [3.8, 4) is 5.75 Å². The summed E-state index contributed by atoms with van der Waals surface area (Å²) in [5, 5.41) is 18.9. The third-order valence-corrected chi connectivity index (χ3v) is 8.58. The third kappa shape index (κ3) is 3.64. The van der Waals surface area contributed by atoms with Gasteiger partial charge in [0.15, 0.2) is 5.78 Å². The number of phenolic OH excluding ortho intramolecular Hbond substituents is 1. The molecule has 164 valence electrons. The number of hydrogen-bond acceptors (Lipinski definition) is 3. The number of allylic oxidation sites excluding steroid dienone is 3. The van der Waals surface area contributed by atoms with E-state index in [4.69, 9.17) is 0 Å². The van der Waals surface area contributed by atoms with Crippen LogP contribution in [0.5, 0.6) is 5.75 Å². The second kappa shape index (κ2) is 8.29. The van der Waals surface area contributed by atoms with Crippen LogP contribution in [0.1, 0.15) is 50.5 Å². The standard InChI is InChI=1S/C27H32O4/c28-17-10-8-16(9-11-17)6-4-2-1-3-5-7-18-19-12-13-20-22(27(30)31)15-24(29)23-14-21(18)25(19)26(20)23/h8-13,15,18-21,23,25-26,28H,1-7,14H2,(H,30,31)/t18-,19-,20+,21+,23+,25-,26+/m1/s1. The van der Waals surface area contributed by atoms with E-state index in [1.807, 2.05) is 12.1 Å². The van der Waals surface area contributed by atoms with Crippen LogP contribution in [0.4, 0.5) is 0 Å². The van der Waals surface area contributed by atoms with Crippen molar-refractivity contribution >= 4 is 11.8 Å². The quantitative estimate of drug-likeness (QED) is 0.427. The molecule has 4 aliphatic rings. The second-order valence-corrected chi connectivity index (χ2v) is 10.1. The Bertz CT molecular complexity index is 912. The van der Waals surface area contributed by atoms with Gasteiger partial charge < -0.3 is 10.2 Å². The molecule has 5 rings (SSSR count). The fourth-order valence-corrected chi connectivity index (χ4v) is 7.21. The second-order valence-electron chi connectivity index (χ2n) is 10.1. The summed E-state index contributed by atoms with van der Waals surface area (Å²) in [4.78, 5) is 24.2. The molecule has 2 fully saturated rings. The highest BCUT2D eigenvalue weighted by atomic mass is 16.4. The topological polar surface area (TPSA) is 74.6 Å². The minimum atomic E-state index is -0.926. The van der Waals surface area contributed by atoms with Gasteiger partial charge in [-0.1, -0.05) is 50.0 Å². The molecule has 31 heavy (non-hydrogen) atoms. The Balaban J connectivity index is 1.08. The zero-order chi connectivity index (χ0) is 21.5. The number of carbonyl (C=O) groups excluding carboxylic acids is 1. The molecule has 7 atom stereocenters. The van der Waals surface area contributed by atoms with Crippen molar-refractivity contribution in [2.24, 2.45) is 41.4 Å². The van der Waals surface area contributed by atoms with Crippen molar-refractivity contribution in [3.63, 3.8) is 0 Å². The minimum Gasteiger partial charge on any atom is -0.508 e. The van der Waals surface area contributed by atoms with Crippen molar-refractivity contribution in [2.45, 2.75) is 51.4 Å². The summed E-state index contributed by atoms with van der Waals surface area (Å²) in [6, 6.07) is 7.52. The lowest BCUT2D eigenvalue weighted by Gasteiger charge is -2.54. The van der Waals surface area contributed by atoms with Gasteiger partial charge in [0.1, 0.15) is 5.75 Å². The van der Waals surface area contributed by atoms with Crippen molar-refractivity contribution in [2.75, 3.05) is 0 Å². The highest BCUT2D eigenvalue weighted by molar-refractivity contribution is 6.02. The lowest BCUT2D eigenvalue weighted by molar-refractivity contribution is -0.135. The summed E-state index contributed by atoms with van der Waals surface area (Å²) in [7, 11) is 0. The van der Waals surface area contributed by atoms with Crippen molar-refractivity contribution in [1.29, 1.82) is 0 Å². The normalized spacial score (nSPS) is 34.8. The van der Waals surface area contributed by atoms with Gasteiger partial charge in [0.25, 0.3) is 0 Å². The molecule has 0 amide bonds. The van der Waals surface area contributed by atoms with Crippen LogP contribution in [0, 0.1) is 41.4 Å². The first-order chi connectivity index (χ1) is 15.0. The molecule has 0 radical (unpaired) electrons. The Kier molecular flexibility index (Phi) is 5.49. The Morgan fingerprint density at radius 3 is 2.48 bits per heavy atom. The van der Waals surface area contributed by atoms with E-state index in [0.717, 1.165) is 12.8 Å². The predicted molar refractivity (Wildman–Crippen MR) is 118 cm³/mol. The van der Waals surface area contributed by atoms with Crippen LogP contribution in [-0.2, 0) is 16.0 Å². The maximum absolute atomic E-state index is 12.6. The number of carboxylic acid groups (broad SMARTS) is 1. The van der Waals surface area contributed by atoms with Crippen LogP contribution >= 0.6 is 0 Å². The molecule has 2 saturated carbocycles. The van der Waals surface area contributed by atoms with Crippen LogP contribution in [0.25, 0.3) is 0 Å². The molecule has 1 aromatic carbocycles. The van der Waals surface area contributed by atoms with E-state index >= 15 is 0 Å². The summed E-state index contributed by atoms with van der Waals surface area (Å²) >= 11 is 0. The lowest BCUT2D eigenvalue weighted by Crippen LogP contribution is -2.50. The number of carboxylic acids is 1. The maximum Gasteiger partial charge on any atom is 0.332 e. The molecular weight excluding hydrogens is 388 g/mol. The molecule has 1 aromatic rings. The van der Waals surface area contributed by atoms with Gasteiger partial charge in [0.2, 0.25) is 0 Å². The highest BCUT2D eigenvalue weighted by Crippen LogP contribution is 2.67. The highest BCUT2D eigenvalue weighted by Gasteiger charge is 2.63. The average Bonchev–Trinajstić information content (AvgIpc) is 3.12. The van der Waals surface area contributed by atoms with Gasteiger partial charge >= 0.3 is 5.97 Å². The van der Waals surface area contributed by atoms with E-state index in [-0.39, 0.29) is 23.5 Å². The fourth-order valence-electron chi connectivity index (χ4n) is 7.21. The molecular formula is C27H32O4. The van der Waals surface area contributed by atoms with Crippen molar-refractivity contribution in [3.05, 3.63) is 53.6 Å². The minimum absolute atomic E-state index is 0.0546. The van der Waals surface area contributed by atoms with E-state index in [1.165, 1.54) is 50.2 Å². The molecule has 0 aromatic heterocycles. The zero-order valence-electron chi connectivity index (χ0n) is 18.0. The van der Waals surface area contributed by atoms with Crippen molar-refractivity contribution in [1.82, 2.24) is 0 Å². The Morgan fingerprint density at radius 1 is 0.968 bits per heavy atom. The summed E-state index contributed by atoms with van der Waals surface area (Å²) < 4.78 is 0. The largest absolute Gasteiger partial charge is 0.508 e.